The molecule has 0 fully saturated rings. The molecule has 0 unspecified atom stereocenters. The highest BCUT2D eigenvalue weighted by atomic mass is 32.2. The molecule has 0 atom stereocenters. The molecule has 4 rings (SSSR count). The highest BCUT2D eigenvalue weighted by Crippen LogP contribution is 2.38. The number of anilines is 1. The van der Waals surface area contributed by atoms with Gasteiger partial charge < -0.3 is 10.1 Å². The van der Waals surface area contributed by atoms with E-state index < -0.39 is 0 Å². The van der Waals surface area contributed by atoms with E-state index in [0.29, 0.717) is 11.4 Å². The normalized spacial score (nSPS) is 10.9. The van der Waals surface area contributed by atoms with Gasteiger partial charge in [0.25, 0.3) is 0 Å². The van der Waals surface area contributed by atoms with Crippen molar-refractivity contribution in [1.29, 1.82) is 0 Å². The van der Waals surface area contributed by atoms with Gasteiger partial charge in [0.1, 0.15) is 21.9 Å². The van der Waals surface area contributed by atoms with E-state index in [1.165, 1.54) is 17.3 Å². The predicted molar refractivity (Wildman–Crippen MR) is 125 cm³/mol. The van der Waals surface area contributed by atoms with Crippen LogP contribution in [0.25, 0.3) is 21.3 Å². The Morgan fingerprint density at radius 2 is 1.87 bits per heavy atom. The fourth-order valence-corrected chi connectivity index (χ4v) is 4.94. The van der Waals surface area contributed by atoms with E-state index in [-0.39, 0.29) is 11.7 Å². The molecule has 0 aliphatic carbocycles. The molecule has 30 heavy (non-hydrogen) atoms. The summed E-state index contributed by atoms with van der Waals surface area (Å²) in [7, 11) is 1.59. The Morgan fingerprint density at radius 3 is 2.63 bits per heavy atom. The largest absolute Gasteiger partial charge is 0.495 e. The van der Waals surface area contributed by atoms with Crippen LogP contribution in [0.2, 0.25) is 0 Å². The summed E-state index contributed by atoms with van der Waals surface area (Å²) in [6.07, 6.45) is 1.56. The summed E-state index contributed by atoms with van der Waals surface area (Å²) in [4.78, 5) is 22.4. The fourth-order valence-electron chi connectivity index (χ4n) is 3.14. The van der Waals surface area contributed by atoms with Gasteiger partial charge in [-0.05, 0) is 37.1 Å². The first-order valence-electron chi connectivity index (χ1n) is 9.41. The van der Waals surface area contributed by atoms with Crippen molar-refractivity contribution >= 4 is 44.9 Å². The third-order valence-corrected chi connectivity index (χ3v) is 6.54. The summed E-state index contributed by atoms with van der Waals surface area (Å²) >= 11 is 3.00. The van der Waals surface area contributed by atoms with Crippen LogP contribution in [-0.4, -0.2) is 28.7 Å². The second-order valence-electron chi connectivity index (χ2n) is 6.91. The number of hydrogen-bond donors (Lipinski definition) is 1. The van der Waals surface area contributed by atoms with Gasteiger partial charge in [0.15, 0.2) is 0 Å². The van der Waals surface area contributed by atoms with Crippen LogP contribution in [-0.2, 0) is 4.79 Å². The Labute approximate surface area is 183 Å². The van der Waals surface area contributed by atoms with E-state index in [4.69, 9.17) is 4.74 Å². The summed E-state index contributed by atoms with van der Waals surface area (Å²) in [5, 5.41) is 6.85. The average Bonchev–Trinajstić information content (AvgIpc) is 3.18. The lowest BCUT2D eigenvalue weighted by molar-refractivity contribution is -0.113. The summed E-state index contributed by atoms with van der Waals surface area (Å²) in [5.74, 6) is 0.775. The number of ether oxygens (including phenoxy) is 1. The quantitative estimate of drug-likeness (QED) is 0.310. The van der Waals surface area contributed by atoms with Crippen LogP contribution >= 0.6 is 23.1 Å². The lowest BCUT2D eigenvalue weighted by atomic mass is 10.1. The van der Waals surface area contributed by atoms with E-state index in [1.54, 1.807) is 24.8 Å². The van der Waals surface area contributed by atoms with Gasteiger partial charge in [-0.3, -0.25) is 4.79 Å². The van der Waals surface area contributed by atoms with Crippen molar-refractivity contribution in [2.24, 2.45) is 0 Å². The van der Waals surface area contributed by atoms with Crippen molar-refractivity contribution in [2.45, 2.75) is 18.9 Å². The minimum atomic E-state index is -0.109. The third-order valence-electron chi connectivity index (χ3n) is 4.67. The predicted octanol–water partition coefficient (Wildman–Crippen LogP) is 5.71. The minimum absolute atomic E-state index is 0.109. The number of amides is 1. The maximum absolute atomic E-state index is 12.6. The summed E-state index contributed by atoms with van der Waals surface area (Å²) in [6.45, 7) is 4.05. The molecule has 0 spiro atoms. The van der Waals surface area contributed by atoms with Gasteiger partial charge in [0.2, 0.25) is 5.91 Å². The summed E-state index contributed by atoms with van der Waals surface area (Å²) in [5.41, 5.74) is 5.16. The molecular formula is C23H21N3O2S2. The zero-order valence-corrected chi connectivity index (χ0v) is 18.6. The van der Waals surface area contributed by atoms with Crippen molar-refractivity contribution in [3.05, 3.63) is 65.3 Å². The molecule has 7 heteroatoms. The maximum atomic E-state index is 12.6. The first-order chi connectivity index (χ1) is 14.5. The van der Waals surface area contributed by atoms with Gasteiger partial charge >= 0.3 is 0 Å². The molecule has 0 bridgehead atoms. The van der Waals surface area contributed by atoms with Gasteiger partial charge in [0, 0.05) is 10.9 Å². The van der Waals surface area contributed by atoms with E-state index >= 15 is 0 Å². The number of hydrogen-bond acceptors (Lipinski definition) is 6. The second kappa shape index (κ2) is 8.85. The molecule has 152 valence electrons. The van der Waals surface area contributed by atoms with Crippen molar-refractivity contribution in [2.75, 3.05) is 18.2 Å². The lowest BCUT2D eigenvalue weighted by Gasteiger charge is -2.11. The van der Waals surface area contributed by atoms with Crippen LogP contribution in [0.4, 0.5) is 5.69 Å². The average molecular weight is 436 g/mol. The van der Waals surface area contributed by atoms with Crippen LogP contribution in [0.3, 0.4) is 0 Å². The molecule has 0 radical (unpaired) electrons. The van der Waals surface area contributed by atoms with Gasteiger partial charge in [-0.2, -0.15) is 0 Å². The summed E-state index contributed by atoms with van der Waals surface area (Å²) < 4.78 is 5.34. The van der Waals surface area contributed by atoms with E-state index in [9.17, 15) is 4.79 Å². The van der Waals surface area contributed by atoms with E-state index in [1.807, 2.05) is 25.1 Å². The second-order valence-corrected chi connectivity index (χ2v) is 8.74. The molecule has 2 aromatic carbocycles. The Kier molecular flexibility index (Phi) is 6.01. The highest BCUT2D eigenvalue weighted by molar-refractivity contribution is 8.00. The number of aryl methyl sites for hydroxylation is 2. The van der Waals surface area contributed by atoms with Gasteiger partial charge in [-0.1, -0.05) is 47.7 Å². The molecule has 0 aliphatic heterocycles. The SMILES string of the molecule is COc1ccc(C)cc1NC(=O)CSc1ncnc2scc(-c3ccc(C)cc3)c12. The van der Waals surface area contributed by atoms with Crippen LogP contribution < -0.4 is 10.1 Å². The Morgan fingerprint density at radius 1 is 1.10 bits per heavy atom. The highest BCUT2D eigenvalue weighted by Gasteiger charge is 2.15. The van der Waals surface area contributed by atoms with Gasteiger partial charge in [0.05, 0.1) is 23.9 Å². The number of aromatic nitrogens is 2. The molecule has 2 aromatic heterocycles. The molecular weight excluding hydrogens is 414 g/mol. The molecule has 0 aliphatic rings. The first kappa shape index (κ1) is 20.4. The number of carbonyl (C=O) groups is 1. The Balaban J connectivity index is 1.56. The van der Waals surface area contributed by atoms with Gasteiger partial charge in [-0.15, -0.1) is 11.3 Å². The molecule has 5 nitrogen and oxygen atoms in total. The van der Waals surface area contributed by atoms with Crippen molar-refractivity contribution in [3.63, 3.8) is 0 Å². The smallest absolute Gasteiger partial charge is 0.234 e. The number of thioether (sulfide) groups is 1. The molecule has 0 saturated heterocycles. The zero-order chi connectivity index (χ0) is 21.1. The van der Waals surface area contributed by atoms with Crippen LogP contribution in [0, 0.1) is 13.8 Å². The van der Waals surface area contributed by atoms with E-state index in [2.05, 4.69) is 51.9 Å². The number of rotatable bonds is 6. The van der Waals surface area contributed by atoms with Crippen LogP contribution in [0.1, 0.15) is 11.1 Å². The number of methoxy groups -OCH3 is 1. The number of fused-ring (bicyclic) bond motifs is 1. The summed E-state index contributed by atoms with van der Waals surface area (Å²) in [6, 6.07) is 14.1. The van der Waals surface area contributed by atoms with Crippen LogP contribution in [0.15, 0.2) is 59.2 Å². The number of nitrogens with zero attached hydrogens (tertiary/aromatic N) is 2. The molecule has 2 heterocycles. The Bertz CT molecular complexity index is 1200. The third kappa shape index (κ3) is 4.32. The Hall–Kier alpha value is -2.90. The van der Waals surface area contributed by atoms with Crippen molar-refractivity contribution in [1.82, 2.24) is 9.97 Å². The van der Waals surface area contributed by atoms with Crippen molar-refractivity contribution in [3.8, 4) is 16.9 Å². The first-order valence-corrected chi connectivity index (χ1v) is 11.3. The number of carbonyl (C=O) groups excluding carboxylic acids is 1. The van der Waals surface area contributed by atoms with Crippen LogP contribution in [0.5, 0.6) is 5.75 Å². The molecule has 1 amide bonds. The molecule has 0 saturated carbocycles. The van der Waals surface area contributed by atoms with Gasteiger partial charge in [-0.25, -0.2) is 9.97 Å². The number of nitrogens with one attached hydrogen (secondary N) is 1. The molecule has 4 aromatic rings. The fraction of sp³-hybridized carbons (Fsp3) is 0.174. The lowest BCUT2D eigenvalue weighted by Crippen LogP contribution is -2.15. The zero-order valence-electron chi connectivity index (χ0n) is 16.9. The standard InChI is InChI=1S/C23H21N3O2S2/c1-14-4-7-16(8-5-14)17-11-29-22-21(17)23(25-13-24-22)30-12-20(27)26-18-10-15(2)6-9-19(18)28-3/h4-11,13H,12H2,1-3H3,(H,26,27). The minimum Gasteiger partial charge on any atom is -0.495 e. The number of thiophene rings is 1. The topological polar surface area (TPSA) is 64.1 Å². The maximum Gasteiger partial charge on any atom is 0.234 e. The number of benzene rings is 2. The van der Waals surface area contributed by atoms with Crippen molar-refractivity contribution < 1.29 is 9.53 Å². The monoisotopic (exact) mass is 435 g/mol. The van der Waals surface area contributed by atoms with E-state index in [0.717, 1.165) is 31.9 Å². The molecule has 1 N–H and O–H groups in total.